The number of rotatable bonds is 7. The summed E-state index contributed by atoms with van der Waals surface area (Å²) in [6.07, 6.45) is 0. The molecule has 2 aromatic heterocycles. The highest BCUT2D eigenvalue weighted by molar-refractivity contribution is 6.20. The first-order valence-electron chi connectivity index (χ1n) is 20.8. The first-order valence-corrected chi connectivity index (χ1v) is 20.8. The van der Waals surface area contributed by atoms with Crippen molar-refractivity contribution in [3.63, 3.8) is 0 Å². The maximum Gasteiger partial charge on any atom is 0.143 e. The van der Waals surface area contributed by atoms with Crippen LogP contribution in [0.4, 0.5) is 17.1 Å². The lowest BCUT2D eigenvalue weighted by atomic mass is 9.96. The van der Waals surface area contributed by atoms with Gasteiger partial charge in [-0.1, -0.05) is 176 Å². The molecule has 0 saturated carbocycles. The predicted octanol–water partition coefficient (Wildman–Crippen LogP) is 16.3. The van der Waals surface area contributed by atoms with Gasteiger partial charge < -0.3 is 13.9 Å². The molecule has 0 aliphatic heterocycles. The molecule has 61 heavy (non-hydrogen) atoms. The van der Waals surface area contributed by atoms with Gasteiger partial charge in [0.2, 0.25) is 0 Å². The normalized spacial score (nSPS) is 11.6. The first-order chi connectivity index (χ1) is 30.3. The van der Waals surface area contributed by atoms with Crippen LogP contribution in [0.2, 0.25) is 0 Å². The SMILES string of the molecule is c1ccc(-c2ccc(-c3ccc(N(c4ccccc4-c4cccc5oc6c7ccccc7ccc6c45)c4ccccc4-n4c5ccccc5c5ccccc54)cc3)cc2)cc1. The van der Waals surface area contributed by atoms with Crippen molar-refractivity contribution in [1.29, 1.82) is 0 Å². The van der Waals surface area contributed by atoms with E-state index in [-0.39, 0.29) is 0 Å². The molecule has 0 amide bonds. The molecule has 0 aliphatic carbocycles. The maximum atomic E-state index is 6.72. The van der Waals surface area contributed by atoms with E-state index in [1.165, 1.54) is 43.9 Å². The molecule has 0 spiro atoms. The minimum atomic E-state index is 0.874. The fourth-order valence-electron chi connectivity index (χ4n) is 9.40. The fraction of sp³-hybridized carbons (Fsp3) is 0. The van der Waals surface area contributed by atoms with Crippen LogP contribution in [0.5, 0.6) is 0 Å². The van der Waals surface area contributed by atoms with E-state index in [1.807, 2.05) is 0 Å². The lowest BCUT2D eigenvalue weighted by molar-refractivity contribution is 0.673. The molecule has 0 N–H and O–H groups in total. The number of furan rings is 1. The van der Waals surface area contributed by atoms with Gasteiger partial charge in [-0.25, -0.2) is 0 Å². The van der Waals surface area contributed by atoms with Gasteiger partial charge in [-0.2, -0.15) is 0 Å². The summed E-state index contributed by atoms with van der Waals surface area (Å²) in [5.41, 5.74) is 15.4. The maximum absolute atomic E-state index is 6.72. The van der Waals surface area contributed by atoms with E-state index >= 15 is 0 Å². The Hall–Kier alpha value is -8.14. The number of benzene rings is 10. The molecule has 0 unspecified atom stereocenters. The van der Waals surface area contributed by atoms with Crippen LogP contribution in [-0.2, 0) is 0 Å². The zero-order valence-electron chi connectivity index (χ0n) is 33.2. The molecule has 0 saturated heterocycles. The van der Waals surface area contributed by atoms with Gasteiger partial charge in [0.15, 0.2) is 0 Å². The highest BCUT2D eigenvalue weighted by atomic mass is 16.3. The van der Waals surface area contributed by atoms with Gasteiger partial charge in [-0.3, -0.25) is 0 Å². The Morgan fingerprint density at radius 2 is 0.885 bits per heavy atom. The minimum absolute atomic E-state index is 0.874. The fourth-order valence-corrected chi connectivity index (χ4v) is 9.40. The van der Waals surface area contributed by atoms with Crippen LogP contribution < -0.4 is 4.90 Å². The molecule has 3 heteroatoms. The lowest BCUT2D eigenvalue weighted by Gasteiger charge is -2.30. The first kappa shape index (κ1) is 34.9. The molecule has 2 heterocycles. The molecule has 12 rings (SSSR count). The van der Waals surface area contributed by atoms with E-state index in [4.69, 9.17) is 4.42 Å². The molecule has 10 aromatic carbocycles. The smallest absolute Gasteiger partial charge is 0.143 e. The van der Waals surface area contributed by atoms with Crippen LogP contribution in [-0.4, -0.2) is 4.57 Å². The largest absolute Gasteiger partial charge is 0.455 e. The molecule has 0 fully saturated rings. The van der Waals surface area contributed by atoms with Crippen LogP contribution in [0.1, 0.15) is 0 Å². The van der Waals surface area contributed by atoms with Gasteiger partial charge in [-0.05, 0) is 87.8 Å². The Kier molecular flexibility index (Phi) is 8.17. The molecular weight excluding hydrogens is 741 g/mol. The zero-order chi connectivity index (χ0) is 40.3. The van der Waals surface area contributed by atoms with E-state index < -0.39 is 0 Å². The van der Waals surface area contributed by atoms with E-state index in [1.54, 1.807) is 0 Å². The summed E-state index contributed by atoms with van der Waals surface area (Å²) in [6.45, 7) is 0. The number of hydrogen-bond acceptors (Lipinski definition) is 2. The Balaban J connectivity index is 1.08. The van der Waals surface area contributed by atoms with Gasteiger partial charge in [0, 0.05) is 38.2 Å². The zero-order valence-corrected chi connectivity index (χ0v) is 33.2. The highest BCUT2D eigenvalue weighted by Crippen LogP contribution is 2.48. The topological polar surface area (TPSA) is 21.3 Å². The average molecular weight is 779 g/mol. The van der Waals surface area contributed by atoms with Crippen molar-refractivity contribution in [2.75, 3.05) is 4.90 Å². The van der Waals surface area contributed by atoms with Gasteiger partial charge in [0.25, 0.3) is 0 Å². The van der Waals surface area contributed by atoms with Crippen molar-refractivity contribution in [2.45, 2.75) is 0 Å². The van der Waals surface area contributed by atoms with Crippen molar-refractivity contribution in [3.8, 4) is 39.1 Å². The summed E-state index contributed by atoms with van der Waals surface area (Å²) in [5, 5.41) is 6.97. The third-order valence-corrected chi connectivity index (χ3v) is 12.2. The second-order valence-corrected chi connectivity index (χ2v) is 15.6. The van der Waals surface area contributed by atoms with Gasteiger partial charge in [0.1, 0.15) is 11.2 Å². The second-order valence-electron chi connectivity index (χ2n) is 15.6. The Morgan fingerprint density at radius 1 is 0.344 bits per heavy atom. The summed E-state index contributed by atoms with van der Waals surface area (Å²) >= 11 is 0. The number of nitrogens with zero attached hydrogens (tertiary/aromatic N) is 2. The van der Waals surface area contributed by atoms with Gasteiger partial charge in [-0.15, -0.1) is 0 Å². The molecule has 286 valence electrons. The number of anilines is 3. The molecule has 3 nitrogen and oxygen atoms in total. The highest BCUT2D eigenvalue weighted by Gasteiger charge is 2.24. The van der Waals surface area contributed by atoms with Crippen LogP contribution in [0.25, 0.3) is 93.6 Å². The Labute approximate surface area is 353 Å². The van der Waals surface area contributed by atoms with Crippen LogP contribution >= 0.6 is 0 Å². The van der Waals surface area contributed by atoms with Crippen molar-refractivity contribution < 1.29 is 4.42 Å². The number of para-hydroxylation sites is 5. The quantitative estimate of drug-likeness (QED) is 0.161. The third-order valence-electron chi connectivity index (χ3n) is 12.2. The standard InChI is InChI=1S/C58H38N2O/c1-2-15-39(16-3-1)40-29-31-41(32-30-40)42-33-36-44(37-34-42)59(54-26-12-13-27-55(54)60-52-24-10-6-19-46(52)47-20-7-11-25-53(47)60)51-23-9-8-21-48(51)49-22-14-28-56-57(49)50-38-35-43-17-4-5-18-45(43)58(50)61-56/h1-38H. The Morgan fingerprint density at radius 3 is 1.61 bits per heavy atom. The molecule has 0 bridgehead atoms. The monoisotopic (exact) mass is 778 g/mol. The predicted molar refractivity (Wildman–Crippen MR) is 257 cm³/mol. The summed E-state index contributed by atoms with van der Waals surface area (Å²) in [4.78, 5) is 2.44. The molecule has 0 atom stereocenters. The van der Waals surface area contributed by atoms with E-state index in [0.29, 0.717) is 0 Å². The number of fused-ring (bicyclic) bond motifs is 8. The van der Waals surface area contributed by atoms with Gasteiger partial charge >= 0.3 is 0 Å². The summed E-state index contributed by atoms with van der Waals surface area (Å²) < 4.78 is 9.14. The van der Waals surface area contributed by atoms with Crippen LogP contribution in [0, 0.1) is 0 Å². The number of aromatic nitrogens is 1. The minimum Gasteiger partial charge on any atom is -0.455 e. The average Bonchev–Trinajstić information content (AvgIpc) is 3.89. The van der Waals surface area contributed by atoms with Crippen molar-refractivity contribution in [2.24, 2.45) is 0 Å². The Bertz CT molecular complexity index is 3520. The van der Waals surface area contributed by atoms with E-state index in [2.05, 4.69) is 240 Å². The van der Waals surface area contributed by atoms with Crippen LogP contribution in [0.15, 0.2) is 235 Å². The lowest BCUT2D eigenvalue weighted by Crippen LogP contribution is -2.14. The molecule has 0 radical (unpaired) electrons. The molecule has 12 aromatic rings. The van der Waals surface area contributed by atoms with E-state index in [0.717, 1.165) is 66.8 Å². The third kappa shape index (κ3) is 5.74. The molecule has 0 aliphatic rings. The molecular formula is C58H38N2O. The van der Waals surface area contributed by atoms with Crippen LogP contribution in [0.3, 0.4) is 0 Å². The van der Waals surface area contributed by atoms with E-state index in [9.17, 15) is 0 Å². The summed E-state index contributed by atoms with van der Waals surface area (Å²) in [6, 6.07) is 82.9. The summed E-state index contributed by atoms with van der Waals surface area (Å²) in [7, 11) is 0. The van der Waals surface area contributed by atoms with Gasteiger partial charge in [0.05, 0.1) is 28.1 Å². The van der Waals surface area contributed by atoms with Crippen molar-refractivity contribution in [1.82, 2.24) is 4.57 Å². The van der Waals surface area contributed by atoms with Crippen molar-refractivity contribution in [3.05, 3.63) is 231 Å². The summed E-state index contributed by atoms with van der Waals surface area (Å²) in [5.74, 6) is 0. The second kappa shape index (κ2) is 14.3. The number of hydrogen-bond donors (Lipinski definition) is 0. The van der Waals surface area contributed by atoms with Crippen molar-refractivity contribution >= 4 is 71.6 Å².